The molecule has 0 fully saturated rings. The van der Waals surface area contributed by atoms with Gasteiger partial charge in [-0.05, 0) is 42.9 Å². The highest BCUT2D eigenvalue weighted by Crippen LogP contribution is 2.35. The zero-order valence-electron chi connectivity index (χ0n) is 13.5. The maximum Gasteiger partial charge on any atom is 0.242 e. The molecule has 0 aliphatic heterocycles. The van der Waals surface area contributed by atoms with Crippen LogP contribution in [0.3, 0.4) is 0 Å². The summed E-state index contributed by atoms with van der Waals surface area (Å²) in [6, 6.07) is 8.09. The lowest BCUT2D eigenvalue weighted by Crippen LogP contribution is -2.01. The van der Waals surface area contributed by atoms with Crippen LogP contribution in [0.15, 0.2) is 59.6 Å². The van der Waals surface area contributed by atoms with E-state index in [0.717, 1.165) is 42.2 Å². The molecule has 2 N–H and O–H groups in total. The molecule has 1 unspecified atom stereocenters. The maximum atomic E-state index is 6.35. The van der Waals surface area contributed by atoms with Crippen LogP contribution >= 0.6 is 11.6 Å². The lowest BCUT2D eigenvalue weighted by atomic mass is 9.91. The smallest absolute Gasteiger partial charge is 0.242 e. The number of benzene rings is 1. The fourth-order valence-corrected chi connectivity index (χ4v) is 3.37. The summed E-state index contributed by atoms with van der Waals surface area (Å²) >= 11 is 6.35. The standard InChI is InChI=1S/C20H21ClN2O/c1-2-3-4-9-17(22)20-23-18-12-10-14(11-13-19(18)24-20)15-7-5-6-8-16(15)21/h2-9,14H,1,10-13,22H2/b4-3-,17-9-. The van der Waals surface area contributed by atoms with Crippen molar-refractivity contribution < 1.29 is 4.42 Å². The van der Waals surface area contributed by atoms with E-state index in [0.29, 0.717) is 17.5 Å². The van der Waals surface area contributed by atoms with E-state index in [-0.39, 0.29) is 0 Å². The monoisotopic (exact) mass is 340 g/mol. The van der Waals surface area contributed by atoms with Crippen molar-refractivity contribution in [1.82, 2.24) is 4.98 Å². The Bertz CT molecular complexity index is 763. The Labute approximate surface area is 147 Å². The van der Waals surface area contributed by atoms with Crippen molar-refractivity contribution in [2.45, 2.75) is 31.6 Å². The molecule has 3 rings (SSSR count). The van der Waals surface area contributed by atoms with Crippen LogP contribution < -0.4 is 5.73 Å². The van der Waals surface area contributed by atoms with Gasteiger partial charge in [0, 0.05) is 11.4 Å². The molecule has 0 amide bonds. The number of aromatic nitrogens is 1. The molecular formula is C20H21ClN2O. The normalized spacial score (nSPS) is 18.4. The summed E-state index contributed by atoms with van der Waals surface area (Å²) in [4.78, 5) is 4.59. The van der Waals surface area contributed by atoms with Crippen molar-refractivity contribution in [3.05, 3.63) is 83.1 Å². The lowest BCUT2D eigenvalue weighted by Gasteiger charge is -2.15. The molecule has 0 saturated heterocycles. The van der Waals surface area contributed by atoms with Crippen LogP contribution in [0.5, 0.6) is 0 Å². The first kappa shape index (κ1) is 16.6. The first-order valence-corrected chi connectivity index (χ1v) is 8.55. The van der Waals surface area contributed by atoms with E-state index < -0.39 is 0 Å². The Morgan fingerprint density at radius 2 is 2.04 bits per heavy atom. The predicted molar refractivity (Wildman–Crippen MR) is 98.8 cm³/mol. The summed E-state index contributed by atoms with van der Waals surface area (Å²) in [6.45, 7) is 3.63. The summed E-state index contributed by atoms with van der Waals surface area (Å²) in [5.41, 5.74) is 8.80. The van der Waals surface area contributed by atoms with Gasteiger partial charge in [0.1, 0.15) is 5.76 Å². The van der Waals surface area contributed by atoms with Crippen LogP contribution in [0.25, 0.3) is 5.70 Å². The van der Waals surface area contributed by atoms with Gasteiger partial charge in [0.15, 0.2) is 0 Å². The van der Waals surface area contributed by atoms with Gasteiger partial charge in [-0.25, -0.2) is 4.98 Å². The van der Waals surface area contributed by atoms with Crippen LogP contribution in [0, 0.1) is 0 Å². The summed E-state index contributed by atoms with van der Waals surface area (Å²) < 4.78 is 5.90. The van der Waals surface area contributed by atoms with Gasteiger partial charge < -0.3 is 10.2 Å². The van der Waals surface area contributed by atoms with Gasteiger partial charge >= 0.3 is 0 Å². The fraction of sp³-hybridized carbons (Fsp3) is 0.250. The highest BCUT2D eigenvalue weighted by molar-refractivity contribution is 6.31. The molecule has 0 bridgehead atoms. The molecule has 4 heteroatoms. The second-order valence-electron chi connectivity index (χ2n) is 5.93. The minimum atomic E-state index is 0.440. The third kappa shape index (κ3) is 3.62. The second-order valence-corrected chi connectivity index (χ2v) is 6.33. The van der Waals surface area contributed by atoms with Crippen LogP contribution in [0.2, 0.25) is 5.02 Å². The molecule has 0 radical (unpaired) electrons. The van der Waals surface area contributed by atoms with Crippen molar-refractivity contribution in [2.24, 2.45) is 5.73 Å². The van der Waals surface area contributed by atoms with Gasteiger partial charge in [0.05, 0.1) is 11.4 Å². The van der Waals surface area contributed by atoms with Gasteiger partial charge in [0.25, 0.3) is 0 Å². The number of nitrogens with two attached hydrogens (primary N) is 1. The van der Waals surface area contributed by atoms with E-state index in [1.165, 1.54) is 5.56 Å². The van der Waals surface area contributed by atoms with E-state index in [1.54, 1.807) is 12.2 Å². The Morgan fingerprint density at radius 3 is 2.83 bits per heavy atom. The molecule has 1 aromatic carbocycles. The lowest BCUT2D eigenvalue weighted by molar-refractivity contribution is 0.475. The van der Waals surface area contributed by atoms with Gasteiger partial charge in [-0.1, -0.05) is 54.6 Å². The van der Waals surface area contributed by atoms with Gasteiger partial charge in [0.2, 0.25) is 5.89 Å². The number of hydrogen-bond acceptors (Lipinski definition) is 3. The molecule has 1 heterocycles. The molecule has 1 atom stereocenters. The summed E-state index contributed by atoms with van der Waals surface area (Å²) in [5, 5.41) is 0.843. The van der Waals surface area contributed by atoms with Crippen LogP contribution in [0.4, 0.5) is 0 Å². The molecule has 1 aliphatic rings. The second kappa shape index (κ2) is 7.54. The predicted octanol–water partition coefficient (Wildman–Crippen LogP) is 5.03. The van der Waals surface area contributed by atoms with Crippen molar-refractivity contribution in [2.75, 3.05) is 0 Å². The van der Waals surface area contributed by atoms with Gasteiger partial charge in [-0.3, -0.25) is 0 Å². The zero-order chi connectivity index (χ0) is 16.9. The molecule has 2 aromatic rings. The molecule has 1 aliphatic carbocycles. The largest absolute Gasteiger partial charge is 0.440 e. The SMILES string of the molecule is C=C/C=C\C=C(/N)c1nc2c(o1)CCC(c1ccccc1Cl)CC2. The maximum absolute atomic E-state index is 6.35. The van der Waals surface area contributed by atoms with E-state index in [9.17, 15) is 0 Å². The number of hydrogen-bond donors (Lipinski definition) is 1. The van der Waals surface area contributed by atoms with E-state index in [4.69, 9.17) is 21.8 Å². The zero-order valence-corrected chi connectivity index (χ0v) is 14.3. The minimum Gasteiger partial charge on any atom is -0.440 e. The fourth-order valence-electron chi connectivity index (χ4n) is 3.08. The van der Waals surface area contributed by atoms with Crippen molar-refractivity contribution >= 4 is 17.3 Å². The number of halogens is 1. The van der Waals surface area contributed by atoms with Crippen molar-refractivity contribution in [3.63, 3.8) is 0 Å². The number of aryl methyl sites for hydroxylation is 2. The van der Waals surface area contributed by atoms with Crippen LogP contribution in [-0.4, -0.2) is 4.98 Å². The summed E-state index contributed by atoms with van der Waals surface area (Å²) in [7, 11) is 0. The highest BCUT2D eigenvalue weighted by Gasteiger charge is 2.23. The first-order valence-electron chi connectivity index (χ1n) is 8.17. The molecule has 124 valence electrons. The third-order valence-corrected chi connectivity index (χ3v) is 4.69. The Morgan fingerprint density at radius 1 is 1.25 bits per heavy atom. The van der Waals surface area contributed by atoms with E-state index in [1.807, 2.05) is 30.4 Å². The number of fused-ring (bicyclic) bond motifs is 1. The molecular weight excluding hydrogens is 320 g/mol. The third-order valence-electron chi connectivity index (χ3n) is 4.34. The number of allylic oxidation sites excluding steroid dienone is 4. The van der Waals surface area contributed by atoms with Gasteiger partial charge in [-0.2, -0.15) is 0 Å². The highest BCUT2D eigenvalue weighted by atomic mass is 35.5. The minimum absolute atomic E-state index is 0.440. The Balaban J connectivity index is 1.76. The molecule has 1 aromatic heterocycles. The van der Waals surface area contributed by atoms with Crippen molar-refractivity contribution in [1.29, 1.82) is 0 Å². The number of nitrogens with zero attached hydrogens (tertiary/aromatic N) is 1. The Kier molecular flexibility index (Phi) is 5.21. The molecule has 0 saturated carbocycles. The van der Waals surface area contributed by atoms with Crippen molar-refractivity contribution in [3.8, 4) is 0 Å². The quantitative estimate of drug-likeness (QED) is 0.627. The van der Waals surface area contributed by atoms with Crippen LogP contribution in [0.1, 0.15) is 41.7 Å². The van der Waals surface area contributed by atoms with E-state index in [2.05, 4.69) is 17.6 Å². The molecule has 3 nitrogen and oxygen atoms in total. The van der Waals surface area contributed by atoms with Crippen LogP contribution in [-0.2, 0) is 12.8 Å². The van der Waals surface area contributed by atoms with E-state index >= 15 is 0 Å². The number of rotatable bonds is 4. The Hall–Kier alpha value is -2.26. The first-order chi connectivity index (χ1) is 11.7. The number of oxazole rings is 1. The topological polar surface area (TPSA) is 52.0 Å². The summed E-state index contributed by atoms with van der Waals surface area (Å²) in [6.07, 6.45) is 10.9. The summed E-state index contributed by atoms with van der Waals surface area (Å²) in [5.74, 6) is 1.89. The molecule has 0 spiro atoms. The van der Waals surface area contributed by atoms with Gasteiger partial charge in [-0.15, -0.1) is 0 Å². The average Bonchev–Trinajstić information content (AvgIpc) is 2.90. The average molecular weight is 341 g/mol. The molecule has 24 heavy (non-hydrogen) atoms.